The molecule has 1 aliphatic heterocycles. The topological polar surface area (TPSA) is 107 Å². The highest BCUT2D eigenvalue weighted by atomic mass is 16.5. The van der Waals surface area contributed by atoms with E-state index < -0.39 is 0 Å². The second-order valence-electron chi connectivity index (χ2n) is 7.41. The van der Waals surface area contributed by atoms with E-state index in [1.165, 1.54) is 0 Å². The molecule has 1 saturated heterocycles. The summed E-state index contributed by atoms with van der Waals surface area (Å²) in [6.45, 7) is 5.44. The Morgan fingerprint density at radius 2 is 2.06 bits per heavy atom. The van der Waals surface area contributed by atoms with Gasteiger partial charge in [0.2, 0.25) is 5.95 Å². The van der Waals surface area contributed by atoms with Crippen LogP contribution in [0.3, 0.4) is 0 Å². The van der Waals surface area contributed by atoms with Crippen molar-refractivity contribution in [2.45, 2.75) is 26.2 Å². The molecule has 3 aromatic rings. The fourth-order valence-corrected chi connectivity index (χ4v) is 3.70. The molecule has 8 nitrogen and oxygen atoms in total. The lowest BCUT2D eigenvalue weighted by Gasteiger charge is -2.33. The Hall–Kier alpha value is -3.07. The maximum atomic E-state index is 9.66. The van der Waals surface area contributed by atoms with Gasteiger partial charge in [0.1, 0.15) is 11.9 Å². The minimum absolute atomic E-state index is 0.0412. The fraction of sp³-hybridized carbons (Fsp3) is 0.348. The Kier molecular flexibility index (Phi) is 6.71. The van der Waals surface area contributed by atoms with Gasteiger partial charge in [0.15, 0.2) is 0 Å². The summed E-state index contributed by atoms with van der Waals surface area (Å²) < 4.78 is 11.6. The van der Waals surface area contributed by atoms with Gasteiger partial charge in [-0.2, -0.15) is 0 Å². The van der Waals surface area contributed by atoms with Gasteiger partial charge in [-0.05, 0) is 36.8 Å². The average molecular weight is 422 g/mol. The van der Waals surface area contributed by atoms with Gasteiger partial charge in [-0.25, -0.2) is 15.0 Å². The van der Waals surface area contributed by atoms with Crippen molar-refractivity contribution in [3.63, 3.8) is 0 Å². The quantitative estimate of drug-likeness (QED) is 0.600. The maximum Gasteiger partial charge on any atom is 0.219 e. The first-order valence-corrected chi connectivity index (χ1v) is 10.4. The molecule has 1 atom stereocenters. The van der Waals surface area contributed by atoms with Gasteiger partial charge in [-0.1, -0.05) is 12.1 Å². The number of aliphatic hydroxyl groups is 1. The summed E-state index contributed by atoms with van der Waals surface area (Å²) in [7, 11) is 0. The molecule has 0 spiro atoms. The number of nitrogen functional groups attached to an aromatic ring is 1. The molecule has 0 aliphatic carbocycles. The third-order valence-corrected chi connectivity index (χ3v) is 5.22. The molecule has 3 N–H and O–H groups in total. The number of ether oxygens (including phenoxy) is 2. The van der Waals surface area contributed by atoms with E-state index in [1.54, 1.807) is 12.4 Å². The number of pyridine rings is 1. The molecule has 8 heteroatoms. The second-order valence-corrected chi connectivity index (χ2v) is 7.41. The monoisotopic (exact) mass is 421 g/mol. The molecular formula is C23H27N5O3. The minimum Gasteiger partial charge on any atom is -0.494 e. The van der Waals surface area contributed by atoms with Crippen molar-refractivity contribution in [1.29, 1.82) is 0 Å². The Bertz CT molecular complexity index is 1010. The molecule has 1 aliphatic rings. The van der Waals surface area contributed by atoms with E-state index >= 15 is 0 Å². The molecule has 1 fully saturated rings. The molecule has 31 heavy (non-hydrogen) atoms. The Labute approximate surface area is 181 Å². The highest BCUT2D eigenvalue weighted by Gasteiger charge is 2.23. The van der Waals surface area contributed by atoms with E-state index in [1.807, 2.05) is 37.3 Å². The van der Waals surface area contributed by atoms with E-state index in [0.717, 1.165) is 53.5 Å². The number of aromatic nitrogens is 3. The number of rotatable bonds is 7. The molecule has 3 heterocycles. The molecule has 4 rings (SSSR count). The smallest absolute Gasteiger partial charge is 0.219 e. The summed E-state index contributed by atoms with van der Waals surface area (Å²) in [5, 5.41) is 9.66. The summed E-state index contributed by atoms with van der Waals surface area (Å²) in [4.78, 5) is 15.2. The van der Waals surface area contributed by atoms with Crippen LogP contribution in [-0.2, 0) is 17.9 Å². The van der Waals surface area contributed by atoms with Gasteiger partial charge in [-0.15, -0.1) is 0 Å². The average Bonchev–Trinajstić information content (AvgIpc) is 2.81. The molecule has 1 aromatic carbocycles. The summed E-state index contributed by atoms with van der Waals surface area (Å²) in [5.41, 5.74) is 10.0. The summed E-state index contributed by atoms with van der Waals surface area (Å²) in [6.07, 6.45) is 3.23. The SMILES string of the molecule is CCOc1ccc(CN2CCOC(c3cccc(-c4cnc(N)nc4)n3)C2)cc1CO. The molecular weight excluding hydrogens is 394 g/mol. The maximum absolute atomic E-state index is 9.66. The Morgan fingerprint density at radius 1 is 1.23 bits per heavy atom. The fourth-order valence-electron chi connectivity index (χ4n) is 3.70. The molecule has 0 bridgehead atoms. The van der Waals surface area contributed by atoms with Crippen LogP contribution >= 0.6 is 0 Å². The lowest BCUT2D eigenvalue weighted by atomic mass is 10.1. The van der Waals surface area contributed by atoms with Crippen LogP contribution in [-0.4, -0.2) is 51.3 Å². The van der Waals surface area contributed by atoms with Crippen LogP contribution in [0.2, 0.25) is 0 Å². The van der Waals surface area contributed by atoms with Gasteiger partial charge in [0, 0.05) is 43.2 Å². The van der Waals surface area contributed by atoms with Crippen molar-refractivity contribution >= 4 is 5.95 Å². The molecule has 1 unspecified atom stereocenters. The van der Waals surface area contributed by atoms with E-state index in [9.17, 15) is 5.11 Å². The van der Waals surface area contributed by atoms with Gasteiger partial charge in [-0.3, -0.25) is 4.90 Å². The van der Waals surface area contributed by atoms with Crippen molar-refractivity contribution in [2.24, 2.45) is 0 Å². The zero-order valence-electron chi connectivity index (χ0n) is 17.6. The zero-order valence-corrected chi connectivity index (χ0v) is 17.6. The third kappa shape index (κ3) is 5.16. The van der Waals surface area contributed by atoms with Crippen molar-refractivity contribution < 1.29 is 14.6 Å². The van der Waals surface area contributed by atoms with Gasteiger partial charge in [0.25, 0.3) is 0 Å². The van der Waals surface area contributed by atoms with Crippen molar-refractivity contribution in [3.8, 4) is 17.0 Å². The highest BCUT2D eigenvalue weighted by Crippen LogP contribution is 2.26. The van der Waals surface area contributed by atoms with Crippen LogP contribution in [0.1, 0.15) is 29.8 Å². The molecule has 162 valence electrons. The number of hydrogen-bond donors (Lipinski definition) is 2. The summed E-state index contributed by atoms with van der Waals surface area (Å²) in [6, 6.07) is 11.9. The van der Waals surface area contributed by atoms with Gasteiger partial charge in [0.05, 0.1) is 31.2 Å². The summed E-state index contributed by atoms with van der Waals surface area (Å²) >= 11 is 0. The predicted molar refractivity (Wildman–Crippen MR) is 117 cm³/mol. The van der Waals surface area contributed by atoms with Crippen LogP contribution in [0.5, 0.6) is 5.75 Å². The minimum atomic E-state index is -0.122. The number of benzene rings is 1. The number of hydrogen-bond acceptors (Lipinski definition) is 8. The third-order valence-electron chi connectivity index (χ3n) is 5.22. The number of morpholine rings is 1. The highest BCUT2D eigenvalue weighted by molar-refractivity contribution is 5.57. The van der Waals surface area contributed by atoms with Crippen LogP contribution < -0.4 is 10.5 Å². The molecule has 2 aromatic heterocycles. The van der Waals surface area contributed by atoms with E-state index in [2.05, 4.69) is 20.9 Å². The molecule has 0 saturated carbocycles. The van der Waals surface area contributed by atoms with Crippen LogP contribution in [0.15, 0.2) is 48.8 Å². The van der Waals surface area contributed by atoms with Gasteiger partial charge < -0.3 is 20.3 Å². The van der Waals surface area contributed by atoms with Crippen LogP contribution in [0.25, 0.3) is 11.3 Å². The van der Waals surface area contributed by atoms with E-state index in [0.29, 0.717) is 13.2 Å². The van der Waals surface area contributed by atoms with Crippen molar-refractivity contribution in [3.05, 3.63) is 65.6 Å². The Morgan fingerprint density at radius 3 is 2.84 bits per heavy atom. The first kappa shape index (κ1) is 21.2. The number of aliphatic hydroxyl groups excluding tert-OH is 1. The first-order valence-electron chi connectivity index (χ1n) is 10.4. The largest absolute Gasteiger partial charge is 0.494 e. The van der Waals surface area contributed by atoms with E-state index in [-0.39, 0.29) is 18.7 Å². The first-order chi connectivity index (χ1) is 15.2. The second kappa shape index (κ2) is 9.82. The lowest BCUT2D eigenvalue weighted by molar-refractivity contribution is -0.0349. The van der Waals surface area contributed by atoms with Crippen LogP contribution in [0, 0.1) is 0 Å². The Balaban J connectivity index is 1.46. The predicted octanol–water partition coefficient (Wildman–Crippen LogP) is 2.59. The van der Waals surface area contributed by atoms with Gasteiger partial charge >= 0.3 is 0 Å². The van der Waals surface area contributed by atoms with E-state index in [4.69, 9.17) is 20.2 Å². The number of anilines is 1. The standard InChI is InChI=1S/C23H27N5O3/c1-2-30-21-7-6-16(10-17(21)15-29)13-28-8-9-31-22(14-28)20-5-3-4-19(27-20)18-11-25-23(24)26-12-18/h3-7,10-12,22,29H,2,8-9,13-15H2,1H3,(H2,24,25,26). The van der Waals surface area contributed by atoms with Crippen molar-refractivity contribution in [2.75, 3.05) is 32.0 Å². The number of nitrogens with two attached hydrogens (primary N) is 1. The summed E-state index contributed by atoms with van der Waals surface area (Å²) in [5.74, 6) is 0.978. The molecule has 0 radical (unpaired) electrons. The lowest BCUT2D eigenvalue weighted by Crippen LogP contribution is -2.38. The molecule has 0 amide bonds. The van der Waals surface area contributed by atoms with Crippen LogP contribution in [0.4, 0.5) is 5.95 Å². The normalized spacial score (nSPS) is 16.9. The van der Waals surface area contributed by atoms with Crippen molar-refractivity contribution in [1.82, 2.24) is 19.9 Å². The number of nitrogens with zero attached hydrogens (tertiary/aromatic N) is 4. The zero-order chi connectivity index (χ0) is 21.6.